The highest BCUT2D eigenvalue weighted by atomic mass is 19.1. The van der Waals surface area contributed by atoms with Crippen LogP contribution in [-0.4, -0.2) is 68.1 Å². The maximum atomic E-state index is 14.3. The molecule has 0 atom stereocenters. The van der Waals surface area contributed by atoms with Gasteiger partial charge in [0.15, 0.2) is 0 Å². The molecule has 1 aromatic carbocycles. The Morgan fingerprint density at radius 1 is 1.03 bits per heavy atom. The Hall–Kier alpha value is -1.99. The molecule has 0 radical (unpaired) electrons. The van der Waals surface area contributed by atoms with Gasteiger partial charge in [-0.3, -0.25) is 9.59 Å². The number of hydrogen-bond donors (Lipinski definition) is 0. The lowest BCUT2D eigenvalue weighted by Gasteiger charge is -2.32. The zero-order valence-corrected chi connectivity index (χ0v) is 21.2. The second kappa shape index (κ2) is 13.2. The normalized spacial score (nSPS) is 19.1. The number of benzene rings is 1. The van der Waals surface area contributed by atoms with Crippen molar-refractivity contribution in [3.05, 3.63) is 29.6 Å². The molecule has 190 valence electrons. The van der Waals surface area contributed by atoms with E-state index in [1.807, 2.05) is 4.90 Å². The molecule has 0 spiro atoms. The van der Waals surface area contributed by atoms with Gasteiger partial charge in [-0.25, -0.2) is 4.39 Å². The zero-order valence-electron chi connectivity index (χ0n) is 21.2. The van der Waals surface area contributed by atoms with Crippen LogP contribution in [0.15, 0.2) is 18.2 Å². The summed E-state index contributed by atoms with van der Waals surface area (Å²) < 4.78 is 19.5. The molecule has 2 aliphatic rings. The molecule has 0 unspecified atom stereocenters. The van der Waals surface area contributed by atoms with E-state index in [0.717, 1.165) is 45.3 Å². The zero-order chi connectivity index (χ0) is 24.5. The second-order valence-corrected chi connectivity index (χ2v) is 10.3. The molecule has 1 aliphatic heterocycles. The van der Waals surface area contributed by atoms with Crippen molar-refractivity contribution >= 4 is 17.5 Å². The highest BCUT2D eigenvalue weighted by Crippen LogP contribution is 2.30. The number of amides is 2. The van der Waals surface area contributed by atoms with Gasteiger partial charge in [0.25, 0.3) is 5.91 Å². The maximum absolute atomic E-state index is 14.3. The van der Waals surface area contributed by atoms with Gasteiger partial charge in [0.05, 0.1) is 0 Å². The number of nitrogens with zero attached hydrogens (tertiary/aromatic N) is 3. The molecule has 7 heteroatoms. The average molecular weight is 476 g/mol. The van der Waals surface area contributed by atoms with Gasteiger partial charge in [0, 0.05) is 45.4 Å². The number of rotatable bonds is 6. The van der Waals surface area contributed by atoms with E-state index in [-0.39, 0.29) is 24.2 Å². The summed E-state index contributed by atoms with van der Waals surface area (Å²) in [5, 5.41) is 0. The van der Waals surface area contributed by atoms with Crippen molar-refractivity contribution in [1.29, 1.82) is 0 Å². The Balaban J connectivity index is 1.90. The standard InChI is InChI=1S/C27H42FN3O3/c1-21(2)18-29-12-6-14-30(26(32)16-22-8-4-5-9-22)19-23-17-24(28)10-11-25(23)31(15-7-13-29)27(33)20-34-3/h10-11,17,21-22H,4-9,12-16,18-20H2,1-3H3. The van der Waals surface area contributed by atoms with Crippen molar-refractivity contribution in [2.24, 2.45) is 11.8 Å². The Bertz CT molecular complexity index is 810. The summed E-state index contributed by atoms with van der Waals surface area (Å²) in [7, 11) is 1.51. The van der Waals surface area contributed by atoms with E-state index in [4.69, 9.17) is 4.74 Å². The van der Waals surface area contributed by atoms with Gasteiger partial charge in [-0.05, 0) is 74.4 Å². The first-order valence-electron chi connectivity index (χ1n) is 12.9. The largest absolute Gasteiger partial charge is 0.375 e. The Morgan fingerprint density at radius 3 is 2.41 bits per heavy atom. The molecule has 0 bridgehead atoms. The molecule has 3 rings (SSSR count). The van der Waals surface area contributed by atoms with Crippen LogP contribution in [-0.2, 0) is 20.9 Å². The summed E-state index contributed by atoms with van der Waals surface area (Å²) in [6.07, 6.45) is 6.91. The van der Waals surface area contributed by atoms with Gasteiger partial charge in [-0.15, -0.1) is 0 Å². The second-order valence-electron chi connectivity index (χ2n) is 10.3. The molecule has 0 aromatic heterocycles. The lowest BCUT2D eigenvalue weighted by molar-refractivity contribution is -0.133. The van der Waals surface area contributed by atoms with Gasteiger partial charge in [-0.1, -0.05) is 26.7 Å². The van der Waals surface area contributed by atoms with Crippen molar-refractivity contribution < 1.29 is 18.7 Å². The van der Waals surface area contributed by atoms with Gasteiger partial charge in [-0.2, -0.15) is 0 Å². The molecule has 2 amide bonds. The number of hydrogen-bond acceptors (Lipinski definition) is 4. The lowest BCUT2D eigenvalue weighted by atomic mass is 10.0. The maximum Gasteiger partial charge on any atom is 0.252 e. The predicted molar refractivity (Wildman–Crippen MR) is 133 cm³/mol. The summed E-state index contributed by atoms with van der Waals surface area (Å²) in [4.78, 5) is 32.4. The molecule has 1 heterocycles. The summed E-state index contributed by atoms with van der Waals surface area (Å²) in [5.41, 5.74) is 1.36. The highest BCUT2D eigenvalue weighted by Gasteiger charge is 2.26. The minimum Gasteiger partial charge on any atom is -0.375 e. The number of carbonyl (C=O) groups excluding carboxylic acids is 2. The minimum absolute atomic E-state index is 0.0309. The third kappa shape index (κ3) is 7.77. The van der Waals surface area contributed by atoms with Crippen LogP contribution in [0.5, 0.6) is 0 Å². The Morgan fingerprint density at radius 2 is 1.74 bits per heavy atom. The highest BCUT2D eigenvalue weighted by molar-refractivity contribution is 5.95. The van der Waals surface area contributed by atoms with Crippen molar-refractivity contribution in [3.63, 3.8) is 0 Å². The van der Waals surface area contributed by atoms with Crippen molar-refractivity contribution in [2.45, 2.75) is 65.3 Å². The average Bonchev–Trinajstić information content (AvgIpc) is 3.28. The van der Waals surface area contributed by atoms with Crippen LogP contribution in [0.3, 0.4) is 0 Å². The summed E-state index contributed by atoms with van der Waals surface area (Å²) >= 11 is 0. The van der Waals surface area contributed by atoms with Crippen LogP contribution < -0.4 is 4.90 Å². The van der Waals surface area contributed by atoms with Gasteiger partial charge >= 0.3 is 0 Å². The molecular formula is C27H42FN3O3. The van der Waals surface area contributed by atoms with Crippen LogP contribution in [0.4, 0.5) is 10.1 Å². The summed E-state index contributed by atoms with van der Waals surface area (Å²) in [6, 6.07) is 4.55. The number of fused-ring (bicyclic) bond motifs is 1. The van der Waals surface area contributed by atoms with Crippen LogP contribution in [0.1, 0.15) is 64.4 Å². The SMILES string of the molecule is COCC(=O)N1CCCN(CC(C)C)CCCN(C(=O)CC2CCCC2)Cc2cc(F)ccc21. The number of carbonyl (C=O) groups is 2. The molecule has 6 nitrogen and oxygen atoms in total. The van der Waals surface area contributed by atoms with Crippen LogP contribution in [0.25, 0.3) is 0 Å². The Labute approximate surface area is 204 Å². The predicted octanol–water partition coefficient (Wildman–Crippen LogP) is 4.47. The molecule has 0 N–H and O–H groups in total. The monoisotopic (exact) mass is 475 g/mol. The van der Waals surface area contributed by atoms with Gasteiger partial charge in [0.2, 0.25) is 5.91 Å². The fourth-order valence-electron chi connectivity index (χ4n) is 5.36. The molecule has 1 aromatic rings. The number of anilines is 1. The van der Waals surface area contributed by atoms with E-state index in [0.29, 0.717) is 49.1 Å². The lowest BCUT2D eigenvalue weighted by Crippen LogP contribution is -2.40. The third-order valence-electron chi connectivity index (χ3n) is 6.93. The smallest absolute Gasteiger partial charge is 0.252 e. The first kappa shape index (κ1) is 26.6. The van der Waals surface area contributed by atoms with Crippen molar-refractivity contribution in [3.8, 4) is 0 Å². The summed E-state index contributed by atoms with van der Waals surface area (Å²) in [5.74, 6) is 0.647. The van der Waals surface area contributed by atoms with E-state index in [1.54, 1.807) is 11.0 Å². The van der Waals surface area contributed by atoms with Crippen LogP contribution in [0, 0.1) is 17.7 Å². The first-order valence-corrected chi connectivity index (χ1v) is 12.9. The molecule has 34 heavy (non-hydrogen) atoms. The van der Waals surface area contributed by atoms with E-state index >= 15 is 0 Å². The molecule has 1 fully saturated rings. The van der Waals surface area contributed by atoms with E-state index < -0.39 is 0 Å². The topological polar surface area (TPSA) is 53.1 Å². The third-order valence-corrected chi connectivity index (χ3v) is 6.93. The fourth-order valence-corrected chi connectivity index (χ4v) is 5.36. The molecule has 0 saturated heterocycles. The van der Waals surface area contributed by atoms with E-state index in [2.05, 4.69) is 18.7 Å². The first-order chi connectivity index (χ1) is 16.4. The van der Waals surface area contributed by atoms with Gasteiger partial charge < -0.3 is 19.4 Å². The van der Waals surface area contributed by atoms with Crippen molar-refractivity contribution in [2.75, 3.05) is 51.3 Å². The van der Waals surface area contributed by atoms with Crippen LogP contribution >= 0.6 is 0 Å². The van der Waals surface area contributed by atoms with E-state index in [9.17, 15) is 14.0 Å². The summed E-state index contributed by atoms with van der Waals surface area (Å²) in [6.45, 7) is 8.67. The molecule has 1 aliphatic carbocycles. The van der Waals surface area contributed by atoms with Crippen LogP contribution in [0.2, 0.25) is 0 Å². The minimum atomic E-state index is -0.351. The molecule has 1 saturated carbocycles. The molecular weight excluding hydrogens is 433 g/mol. The number of halogens is 1. The quantitative estimate of drug-likeness (QED) is 0.609. The van der Waals surface area contributed by atoms with Crippen molar-refractivity contribution in [1.82, 2.24) is 9.80 Å². The number of ether oxygens (including phenoxy) is 1. The van der Waals surface area contributed by atoms with Gasteiger partial charge in [0.1, 0.15) is 12.4 Å². The fraction of sp³-hybridized carbons (Fsp3) is 0.704. The number of methoxy groups -OCH3 is 1. The van der Waals surface area contributed by atoms with E-state index in [1.165, 1.54) is 32.1 Å². The Kier molecular flexibility index (Phi) is 10.3.